The second kappa shape index (κ2) is 7.00. The van der Waals surface area contributed by atoms with Crippen molar-refractivity contribution in [3.05, 3.63) is 6.33 Å². The van der Waals surface area contributed by atoms with Gasteiger partial charge in [0.2, 0.25) is 5.75 Å². The van der Waals surface area contributed by atoms with Crippen LogP contribution in [0.15, 0.2) is 6.33 Å². The summed E-state index contributed by atoms with van der Waals surface area (Å²) in [6.07, 6.45) is 1.53. The number of methoxy groups -OCH3 is 2. The van der Waals surface area contributed by atoms with Gasteiger partial charge in [0.05, 0.1) is 19.8 Å². The summed E-state index contributed by atoms with van der Waals surface area (Å²) in [6, 6.07) is 0.202. The van der Waals surface area contributed by atoms with Crippen molar-refractivity contribution < 1.29 is 9.47 Å². The Bertz CT molecular complexity index is 373. The highest BCUT2D eigenvalue weighted by Crippen LogP contribution is 2.31. The van der Waals surface area contributed by atoms with E-state index in [0.717, 1.165) is 12.4 Å². The number of nitrogens with zero attached hydrogens (tertiary/aromatic N) is 3. The van der Waals surface area contributed by atoms with E-state index >= 15 is 0 Å². The van der Waals surface area contributed by atoms with Crippen molar-refractivity contribution in [2.24, 2.45) is 0 Å². The summed E-state index contributed by atoms with van der Waals surface area (Å²) in [5.41, 5.74) is 0. The Kier molecular flexibility index (Phi) is 5.64. The summed E-state index contributed by atoms with van der Waals surface area (Å²) in [6.45, 7) is 5.49. The summed E-state index contributed by atoms with van der Waals surface area (Å²) in [5, 5.41) is 3.16. The molecule has 0 bridgehead atoms. The first-order valence-corrected chi connectivity index (χ1v) is 6.00. The molecular formula is C12H22N4O2. The van der Waals surface area contributed by atoms with E-state index in [1.54, 1.807) is 14.2 Å². The Morgan fingerprint density at radius 3 is 2.67 bits per heavy atom. The zero-order valence-corrected chi connectivity index (χ0v) is 11.7. The lowest BCUT2D eigenvalue weighted by molar-refractivity contribution is 0.183. The molecule has 0 saturated heterocycles. The molecule has 1 aromatic rings. The van der Waals surface area contributed by atoms with Gasteiger partial charge in [0.1, 0.15) is 6.33 Å². The van der Waals surface area contributed by atoms with E-state index in [4.69, 9.17) is 9.47 Å². The van der Waals surface area contributed by atoms with Crippen LogP contribution in [0.4, 0.5) is 11.6 Å². The average molecular weight is 254 g/mol. The van der Waals surface area contributed by atoms with E-state index in [9.17, 15) is 0 Å². The number of rotatable bonds is 7. The van der Waals surface area contributed by atoms with Crippen molar-refractivity contribution in [3.63, 3.8) is 0 Å². The maximum atomic E-state index is 5.41. The highest BCUT2D eigenvalue weighted by Gasteiger charge is 2.19. The summed E-state index contributed by atoms with van der Waals surface area (Å²) < 4.78 is 10.6. The van der Waals surface area contributed by atoms with Crippen LogP contribution in [-0.4, -0.2) is 50.4 Å². The third-order valence-electron chi connectivity index (χ3n) is 2.74. The van der Waals surface area contributed by atoms with Crippen molar-refractivity contribution in [2.75, 3.05) is 44.6 Å². The first kappa shape index (κ1) is 14.5. The number of likely N-dealkylation sites (N-methyl/N-ethyl adjacent to an activating group) is 1. The molecule has 18 heavy (non-hydrogen) atoms. The molecule has 1 atom stereocenters. The fourth-order valence-electron chi connectivity index (χ4n) is 1.66. The predicted molar refractivity (Wildman–Crippen MR) is 72.5 cm³/mol. The Morgan fingerprint density at radius 1 is 1.39 bits per heavy atom. The van der Waals surface area contributed by atoms with E-state index in [1.807, 2.05) is 18.9 Å². The Balaban J connectivity index is 3.03. The standard InChI is InChI=1S/C12H22N4O2/c1-6-13-11-10(18-5)12(15-8-14-11)16(3)9(2)7-17-4/h8-9H,6-7H2,1-5H3,(H,13,14,15). The molecule has 1 rings (SSSR count). The molecule has 0 aliphatic heterocycles. The van der Waals surface area contributed by atoms with Crippen molar-refractivity contribution in [2.45, 2.75) is 19.9 Å². The van der Waals surface area contributed by atoms with Crippen LogP contribution in [0.1, 0.15) is 13.8 Å². The number of hydrogen-bond acceptors (Lipinski definition) is 6. The quantitative estimate of drug-likeness (QED) is 0.793. The molecule has 1 heterocycles. The van der Waals surface area contributed by atoms with Crippen molar-refractivity contribution >= 4 is 11.6 Å². The second-order valence-electron chi connectivity index (χ2n) is 4.02. The van der Waals surface area contributed by atoms with Crippen LogP contribution in [0, 0.1) is 0 Å². The molecule has 0 aliphatic carbocycles. The van der Waals surface area contributed by atoms with Crippen LogP contribution < -0.4 is 15.0 Å². The lowest BCUT2D eigenvalue weighted by Crippen LogP contribution is -2.33. The van der Waals surface area contributed by atoms with Crippen LogP contribution in [-0.2, 0) is 4.74 Å². The van der Waals surface area contributed by atoms with Gasteiger partial charge < -0.3 is 19.7 Å². The van der Waals surface area contributed by atoms with Gasteiger partial charge in [-0.15, -0.1) is 0 Å². The van der Waals surface area contributed by atoms with Crippen LogP contribution in [0.3, 0.4) is 0 Å². The summed E-state index contributed by atoms with van der Waals surface area (Å²) in [7, 11) is 5.27. The fraction of sp³-hybridized carbons (Fsp3) is 0.667. The molecule has 6 nitrogen and oxygen atoms in total. The largest absolute Gasteiger partial charge is 0.490 e. The lowest BCUT2D eigenvalue weighted by Gasteiger charge is -2.27. The number of anilines is 2. The molecule has 1 aromatic heterocycles. The molecular weight excluding hydrogens is 232 g/mol. The Labute approximate surface area is 108 Å². The van der Waals surface area contributed by atoms with Crippen molar-refractivity contribution in [3.8, 4) is 5.75 Å². The molecule has 1 unspecified atom stereocenters. The smallest absolute Gasteiger partial charge is 0.204 e. The molecule has 102 valence electrons. The average Bonchev–Trinajstić information content (AvgIpc) is 2.38. The first-order valence-electron chi connectivity index (χ1n) is 6.00. The van der Waals surface area contributed by atoms with Gasteiger partial charge in [0.25, 0.3) is 0 Å². The highest BCUT2D eigenvalue weighted by atomic mass is 16.5. The first-order chi connectivity index (χ1) is 8.65. The van der Waals surface area contributed by atoms with Crippen LogP contribution >= 0.6 is 0 Å². The summed E-state index contributed by atoms with van der Waals surface area (Å²) in [5.74, 6) is 2.12. The van der Waals surface area contributed by atoms with E-state index in [-0.39, 0.29) is 6.04 Å². The van der Waals surface area contributed by atoms with Crippen LogP contribution in [0.5, 0.6) is 5.75 Å². The van der Waals surface area contributed by atoms with Gasteiger partial charge in [-0.3, -0.25) is 0 Å². The molecule has 0 radical (unpaired) electrons. The number of hydrogen-bond donors (Lipinski definition) is 1. The normalized spacial score (nSPS) is 12.1. The van der Waals surface area contributed by atoms with Gasteiger partial charge in [-0.1, -0.05) is 0 Å². The molecule has 0 saturated carbocycles. The van der Waals surface area contributed by atoms with Gasteiger partial charge in [-0.25, -0.2) is 9.97 Å². The molecule has 0 aromatic carbocycles. The van der Waals surface area contributed by atoms with Gasteiger partial charge in [-0.2, -0.15) is 0 Å². The maximum Gasteiger partial charge on any atom is 0.204 e. The van der Waals surface area contributed by atoms with Gasteiger partial charge in [0, 0.05) is 20.7 Å². The van der Waals surface area contributed by atoms with E-state index in [1.165, 1.54) is 6.33 Å². The predicted octanol–water partition coefficient (Wildman–Crippen LogP) is 1.39. The number of aromatic nitrogens is 2. The zero-order chi connectivity index (χ0) is 13.5. The van der Waals surface area contributed by atoms with E-state index in [0.29, 0.717) is 18.2 Å². The van der Waals surface area contributed by atoms with Gasteiger partial charge in [-0.05, 0) is 13.8 Å². The zero-order valence-electron chi connectivity index (χ0n) is 11.7. The lowest BCUT2D eigenvalue weighted by atomic mass is 10.3. The minimum atomic E-state index is 0.202. The minimum Gasteiger partial charge on any atom is -0.490 e. The van der Waals surface area contributed by atoms with Crippen LogP contribution in [0.25, 0.3) is 0 Å². The molecule has 0 amide bonds. The SMILES string of the molecule is CCNc1ncnc(N(C)C(C)COC)c1OC. The van der Waals surface area contributed by atoms with E-state index in [2.05, 4.69) is 22.2 Å². The topological polar surface area (TPSA) is 59.5 Å². The van der Waals surface area contributed by atoms with Crippen LogP contribution in [0.2, 0.25) is 0 Å². The van der Waals surface area contributed by atoms with Gasteiger partial charge in [0.15, 0.2) is 11.6 Å². The molecule has 6 heteroatoms. The van der Waals surface area contributed by atoms with E-state index < -0.39 is 0 Å². The summed E-state index contributed by atoms with van der Waals surface area (Å²) in [4.78, 5) is 10.5. The fourth-order valence-corrected chi connectivity index (χ4v) is 1.66. The molecule has 1 N–H and O–H groups in total. The number of nitrogens with one attached hydrogen (secondary N) is 1. The Hall–Kier alpha value is -1.56. The summed E-state index contributed by atoms with van der Waals surface area (Å²) >= 11 is 0. The third-order valence-corrected chi connectivity index (χ3v) is 2.74. The maximum absolute atomic E-state index is 5.41. The second-order valence-corrected chi connectivity index (χ2v) is 4.02. The minimum absolute atomic E-state index is 0.202. The Morgan fingerprint density at radius 2 is 2.11 bits per heavy atom. The monoisotopic (exact) mass is 254 g/mol. The highest BCUT2D eigenvalue weighted by molar-refractivity contribution is 5.64. The molecule has 0 fully saturated rings. The molecule has 0 aliphatic rings. The van der Waals surface area contributed by atoms with Gasteiger partial charge >= 0.3 is 0 Å². The third kappa shape index (κ3) is 3.22. The van der Waals surface area contributed by atoms with Crippen molar-refractivity contribution in [1.29, 1.82) is 0 Å². The molecule has 0 spiro atoms. The van der Waals surface area contributed by atoms with Crippen molar-refractivity contribution in [1.82, 2.24) is 9.97 Å². The number of ether oxygens (including phenoxy) is 2.